The first-order valence-electron chi connectivity index (χ1n) is 8.63. The molecular weight excluding hydrogens is 314 g/mol. The van der Waals surface area contributed by atoms with Crippen LogP contribution >= 0.6 is 0 Å². The Balaban J connectivity index is 1.90. The van der Waals surface area contributed by atoms with Crippen molar-refractivity contribution in [1.82, 2.24) is 4.90 Å². The van der Waals surface area contributed by atoms with E-state index in [4.69, 9.17) is 5.11 Å². The minimum Gasteiger partial charge on any atom is -0.478 e. The highest BCUT2D eigenvalue weighted by atomic mass is 16.4. The fourth-order valence-electron chi connectivity index (χ4n) is 2.89. The molecular formula is C21H25NO3. The first-order valence-corrected chi connectivity index (χ1v) is 8.63. The molecule has 4 heteroatoms. The Morgan fingerprint density at radius 3 is 2.20 bits per heavy atom. The third kappa shape index (κ3) is 5.45. The second-order valence-corrected chi connectivity index (χ2v) is 6.26. The first kappa shape index (κ1) is 18.7. The average Bonchev–Trinajstić information content (AvgIpc) is 2.64. The Morgan fingerprint density at radius 1 is 1.00 bits per heavy atom. The van der Waals surface area contributed by atoms with Crippen molar-refractivity contribution in [2.75, 3.05) is 7.05 Å². The van der Waals surface area contributed by atoms with E-state index in [1.165, 1.54) is 5.56 Å². The minimum atomic E-state index is -0.936. The van der Waals surface area contributed by atoms with Gasteiger partial charge in [0, 0.05) is 19.5 Å². The van der Waals surface area contributed by atoms with Crippen LogP contribution in [-0.4, -0.2) is 35.0 Å². The Labute approximate surface area is 149 Å². The number of hydrogen-bond donors (Lipinski definition) is 1. The molecule has 0 spiro atoms. The van der Waals surface area contributed by atoms with Crippen LogP contribution < -0.4 is 0 Å². The third-order valence-electron chi connectivity index (χ3n) is 4.55. The van der Waals surface area contributed by atoms with Crippen LogP contribution in [0.3, 0.4) is 0 Å². The maximum Gasteiger partial charge on any atom is 0.335 e. The van der Waals surface area contributed by atoms with Gasteiger partial charge in [0.15, 0.2) is 0 Å². The van der Waals surface area contributed by atoms with Gasteiger partial charge in [-0.2, -0.15) is 0 Å². The van der Waals surface area contributed by atoms with Gasteiger partial charge in [-0.05, 0) is 42.5 Å². The predicted molar refractivity (Wildman–Crippen MR) is 98.7 cm³/mol. The summed E-state index contributed by atoms with van der Waals surface area (Å²) in [4.78, 5) is 25.2. The van der Waals surface area contributed by atoms with Crippen LogP contribution in [0.1, 0.15) is 41.3 Å². The smallest absolute Gasteiger partial charge is 0.335 e. The van der Waals surface area contributed by atoms with E-state index in [-0.39, 0.29) is 17.5 Å². The van der Waals surface area contributed by atoms with Gasteiger partial charge in [0.05, 0.1) is 5.56 Å². The molecule has 1 atom stereocenters. The summed E-state index contributed by atoms with van der Waals surface area (Å²) in [6, 6.07) is 17.1. The molecule has 1 N–H and O–H groups in total. The van der Waals surface area contributed by atoms with Crippen LogP contribution in [0.15, 0.2) is 54.6 Å². The lowest BCUT2D eigenvalue weighted by molar-refractivity contribution is -0.132. The minimum absolute atomic E-state index is 0.116. The van der Waals surface area contributed by atoms with Crippen LogP contribution in [-0.2, 0) is 17.6 Å². The number of carboxylic acid groups (broad SMARTS) is 1. The highest BCUT2D eigenvalue weighted by Gasteiger charge is 2.18. The molecule has 2 rings (SSSR count). The highest BCUT2D eigenvalue weighted by Crippen LogP contribution is 2.13. The maximum atomic E-state index is 12.5. The summed E-state index contributed by atoms with van der Waals surface area (Å²) in [5.74, 6) is -0.820. The number of amides is 1. The van der Waals surface area contributed by atoms with Crippen molar-refractivity contribution in [2.24, 2.45) is 0 Å². The van der Waals surface area contributed by atoms with Crippen molar-refractivity contribution in [2.45, 2.75) is 38.6 Å². The Bertz CT molecular complexity index is 695. The standard InChI is InChI=1S/C21H25NO3/c1-3-19(15-17-7-5-4-6-8-17)22(2)20(23)14-11-16-9-12-18(13-10-16)21(24)25/h4-10,12-13,19H,3,11,14-15H2,1-2H3,(H,24,25). The van der Waals surface area contributed by atoms with Crippen LogP contribution in [0.4, 0.5) is 0 Å². The molecule has 0 aliphatic carbocycles. The molecule has 25 heavy (non-hydrogen) atoms. The zero-order chi connectivity index (χ0) is 18.2. The number of benzene rings is 2. The molecule has 1 amide bonds. The van der Waals surface area contributed by atoms with Gasteiger partial charge in [0.25, 0.3) is 0 Å². The molecule has 0 bridgehead atoms. The maximum absolute atomic E-state index is 12.5. The van der Waals surface area contributed by atoms with E-state index in [0.717, 1.165) is 18.4 Å². The van der Waals surface area contributed by atoms with E-state index in [1.807, 2.05) is 30.1 Å². The second-order valence-electron chi connectivity index (χ2n) is 6.26. The van der Waals surface area contributed by atoms with Crippen LogP contribution in [0.5, 0.6) is 0 Å². The predicted octanol–water partition coefficient (Wildman–Crippen LogP) is 3.80. The SMILES string of the molecule is CCC(Cc1ccccc1)N(C)C(=O)CCc1ccc(C(=O)O)cc1. The molecule has 0 aliphatic heterocycles. The number of rotatable bonds is 8. The molecule has 0 radical (unpaired) electrons. The summed E-state index contributed by atoms with van der Waals surface area (Å²) in [7, 11) is 1.87. The summed E-state index contributed by atoms with van der Waals surface area (Å²) in [5, 5.41) is 8.92. The molecule has 0 aliphatic rings. The third-order valence-corrected chi connectivity index (χ3v) is 4.55. The van der Waals surface area contributed by atoms with Crippen molar-refractivity contribution in [3.8, 4) is 0 Å². The lowest BCUT2D eigenvalue weighted by Gasteiger charge is -2.27. The number of nitrogens with zero attached hydrogens (tertiary/aromatic N) is 1. The summed E-state index contributed by atoms with van der Waals surface area (Å²) >= 11 is 0. The van der Waals surface area contributed by atoms with Crippen LogP contribution in [0.25, 0.3) is 0 Å². The second kappa shape index (κ2) is 9.02. The summed E-state index contributed by atoms with van der Waals surface area (Å²) < 4.78 is 0. The monoisotopic (exact) mass is 339 g/mol. The van der Waals surface area contributed by atoms with Gasteiger partial charge in [0.2, 0.25) is 5.91 Å². The zero-order valence-electron chi connectivity index (χ0n) is 14.8. The fraction of sp³-hybridized carbons (Fsp3) is 0.333. The molecule has 1 unspecified atom stereocenters. The van der Waals surface area contributed by atoms with Crippen molar-refractivity contribution in [3.63, 3.8) is 0 Å². The van der Waals surface area contributed by atoms with Crippen molar-refractivity contribution in [3.05, 3.63) is 71.3 Å². The highest BCUT2D eigenvalue weighted by molar-refractivity contribution is 5.87. The molecule has 0 aromatic heterocycles. The number of aromatic carboxylic acids is 1. The van der Waals surface area contributed by atoms with Crippen molar-refractivity contribution >= 4 is 11.9 Å². The van der Waals surface area contributed by atoms with Gasteiger partial charge in [-0.1, -0.05) is 49.4 Å². The molecule has 0 fully saturated rings. The largest absolute Gasteiger partial charge is 0.478 e. The van der Waals surface area contributed by atoms with Gasteiger partial charge in [-0.15, -0.1) is 0 Å². The molecule has 0 saturated heterocycles. The molecule has 0 saturated carbocycles. The van der Waals surface area contributed by atoms with Gasteiger partial charge in [-0.25, -0.2) is 4.79 Å². The van der Waals surface area contributed by atoms with Crippen molar-refractivity contribution in [1.29, 1.82) is 0 Å². The van der Waals surface area contributed by atoms with Gasteiger partial charge in [-0.3, -0.25) is 4.79 Å². The van der Waals surface area contributed by atoms with Crippen molar-refractivity contribution < 1.29 is 14.7 Å². The number of carboxylic acids is 1. The van der Waals surface area contributed by atoms with Gasteiger partial charge >= 0.3 is 5.97 Å². The van der Waals surface area contributed by atoms with Gasteiger partial charge < -0.3 is 10.0 Å². The number of carbonyl (C=O) groups excluding carboxylic acids is 1. The van der Waals surface area contributed by atoms with E-state index in [1.54, 1.807) is 24.3 Å². The molecule has 0 heterocycles. The zero-order valence-corrected chi connectivity index (χ0v) is 14.8. The average molecular weight is 339 g/mol. The molecule has 2 aromatic rings. The van der Waals surface area contributed by atoms with Crippen LogP contribution in [0, 0.1) is 0 Å². The normalized spacial score (nSPS) is 11.8. The lowest BCUT2D eigenvalue weighted by atomic mass is 10.0. The fourth-order valence-corrected chi connectivity index (χ4v) is 2.89. The Hall–Kier alpha value is -2.62. The quantitative estimate of drug-likeness (QED) is 0.796. The Morgan fingerprint density at radius 2 is 1.64 bits per heavy atom. The summed E-state index contributed by atoms with van der Waals surface area (Å²) in [5.41, 5.74) is 2.47. The summed E-state index contributed by atoms with van der Waals surface area (Å²) in [6.45, 7) is 2.10. The van der Waals surface area contributed by atoms with E-state index >= 15 is 0 Å². The molecule has 4 nitrogen and oxygen atoms in total. The number of hydrogen-bond acceptors (Lipinski definition) is 2. The van der Waals surface area contributed by atoms with E-state index in [9.17, 15) is 9.59 Å². The Kier molecular flexibility index (Phi) is 6.75. The van der Waals surface area contributed by atoms with E-state index in [0.29, 0.717) is 12.8 Å². The topological polar surface area (TPSA) is 57.6 Å². The molecule has 2 aromatic carbocycles. The number of likely N-dealkylation sites (N-methyl/N-ethyl adjacent to an activating group) is 1. The number of carbonyl (C=O) groups is 2. The summed E-state index contributed by atoms with van der Waals surface area (Å²) in [6.07, 6.45) is 2.80. The lowest BCUT2D eigenvalue weighted by Crippen LogP contribution is -2.38. The van der Waals surface area contributed by atoms with Crippen LogP contribution in [0.2, 0.25) is 0 Å². The van der Waals surface area contributed by atoms with Gasteiger partial charge in [0.1, 0.15) is 0 Å². The molecule has 132 valence electrons. The van der Waals surface area contributed by atoms with E-state index < -0.39 is 5.97 Å². The van der Waals surface area contributed by atoms with E-state index in [2.05, 4.69) is 19.1 Å². The first-order chi connectivity index (χ1) is 12.0. The number of aryl methyl sites for hydroxylation is 1.